The van der Waals surface area contributed by atoms with Crippen LogP contribution in [0, 0.1) is 13.8 Å². The number of carbonyl (C=O) groups excluding carboxylic acids is 1. The monoisotopic (exact) mass is 276 g/mol. The molecule has 1 fully saturated rings. The lowest BCUT2D eigenvalue weighted by atomic mass is 9.99. The molecule has 1 saturated heterocycles. The number of benzene rings is 1. The Balaban J connectivity index is 2.31. The summed E-state index contributed by atoms with van der Waals surface area (Å²) in [4.78, 5) is 14.6. The van der Waals surface area contributed by atoms with E-state index in [1.54, 1.807) is 0 Å². The predicted molar refractivity (Wildman–Crippen MR) is 79.7 cm³/mol. The number of nitrogens with one attached hydrogen (secondary N) is 1. The van der Waals surface area contributed by atoms with E-state index in [2.05, 4.69) is 42.3 Å². The van der Waals surface area contributed by atoms with E-state index < -0.39 is 0 Å². The molecule has 1 atom stereocenters. The van der Waals surface area contributed by atoms with Crippen molar-refractivity contribution < 1.29 is 9.53 Å². The van der Waals surface area contributed by atoms with Crippen molar-refractivity contribution in [1.29, 1.82) is 0 Å². The minimum absolute atomic E-state index is 0.139. The van der Waals surface area contributed by atoms with E-state index in [0.717, 1.165) is 31.7 Å². The first-order chi connectivity index (χ1) is 9.61. The van der Waals surface area contributed by atoms with Gasteiger partial charge in [0.25, 0.3) is 0 Å². The van der Waals surface area contributed by atoms with E-state index in [1.807, 2.05) is 6.92 Å². The zero-order chi connectivity index (χ0) is 14.5. The molecule has 1 unspecified atom stereocenters. The van der Waals surface area contributed by atoms with Gasteiger partial charge in [-0.05, 0) is 26.3 Å². The lowest BCUT2D eigenvalue weighted by Crippen LogP contribution is -2.47. The van der Waals surface area contributed by atoms with Gasteiger partial charge >= 0.3 is 5.97 Å². The third-order valence-electron chi connectivity index (χ3n) is 3.59. The van der Waals surface area contributed by atoms with Gasteiger partial charge in [-0.3, -0.25) is 4.90 Å². The number of piperazine rings is 1. The van der Waals surface area contributed by atoms with Crippen molar-refractivity contribution >= 4 is 5.97 Å². The summed E-state index contributed by atoms with van der Waals surface area (Å²) in [5, 5.41) is 3.32. The number of aryl methyl sites for hydroxylation is 2. The quantitative estimate of drug-likeness (QED) is 0.852. The fraction of sp³-hybridized carbons (Fsp3) is 0.562. The smallest absolute Gasteiger partial charge is 0.328 e. The van der Waals surface area contributed by atoms with E-state index in [-0.39, 0.29) is 12.0 Å². The fourth-order valence-corrected chi connectivity index (χ4v) is 2.83. The molecule has 0 aromatic heterocycles. The molecule has 0 amide bonds. The second kappa shape index (κ2) is 6.86. The first-order valence-electron chi connectivity index (χ1n) is 7.31. The topological polar surface area (TPSA) is 41.6 Å². The Bertz CT molecular complexity index is 447. The molecule has 1 aliphatic rings. The maximum absolute atomic E-state index is 12.4. The second-order valence-electron chi connectivity index (χ2n) is 5.36. The van der Waals surface area contributed by atoms with Gasteiger partial charge < -0.3 is 10.1 Å². The molecule has 1 heterocycles. The first-order valence-corrected chi connectivity index (χ1v) is 7.31. The maximum atomic E-state index is 12.4. The van der Waals surface area contributed by atoms with Crippen molar-refractivity contribution in [3.8, 4) is 0 Å². The summed E-state index contributed by atoms with van der Waals surface area (Å²) in [6.45, 7) is 9.99. The molecule has 0 bridgehead atoms. The standard InChI is InChI=1S/C16H24N2O2/c1-4-20-16(19)15(18-7-5-17-6-8-18)14-10-12(2)9-13(3)11-14/h9-11,15,17H,4-8H2,1-3H3. The van der Waals surface area contributed by atoms with Crippen molar-refractivity contribution in [3.05, 3.63) is 34.9 Å². The minimum Gasteiger partial charge on any atom is -0.465 e. The molecule has 0 saturated carbocycles. The van der Waals surface area contributed by atoms with E-state index in [0.29, 0.717) is 6.61 Å². The normalized spacial score (nSPS) is 17.8. The summed E-state index contributed by atoms with van der Waals surface area (Å²) in [5.41, 5.74) is 3.41. The Morgan fingerprint density at radius 2 is 1.85 bits per heavy atom. The summed E-state index contributed by atoms with van der Waals surface area (Å²) < 4.78 is 5.29. The van der Waals surface area contributed by atoms with Crippen LogP contribution in [-0.4, -0.2) is 43.7 Å². The highest BCUT2D eigenvalue weighted by Gasteiger charge is 2.30. The van der Waals surface area contributed by atoms with Crippen LogP contribution >= 0.6 is 0 Å². The largest absolute Gasteiger partial charge is 0.465 e. The van der Waals surface area contributed by atoms with E-state index in [1.165, 1.54) is 11.1 Å². The van der Waals surface area contributed by atoms with Crippen LogP contribution in [0.15, 0.2) is 18.2 Å². The van der Waals surface area contributed by atoms with E-state index in [9.17, 15) is 4.79 Å². The molecule has 20 heavy (non-hydrogen) atoms. The molecule has 110 valence electrons. The van der Waals surface area contributed by atoms with Crippen molar-refractivity contribution in [3.63, 3.8) is 0 Å². The van der Waals surface area contributed by atoms with Gasteiger partial charge in [-0.25, -0.2) is 4.79 Å². The first kappa shape index (κ1) is 15.0. The fourth-order valence-electron chi connectivity index (χ4n) is 2.83. The number of carbonyl (C=O) groups is 1. The molecule has 4 nitrogen and oxygen atoms in total. The molecule has 4 heteroatoms. The number of ether oxygens (including phenoxy) is 1. The van der Waals surface area contributed by atoms with Crippen LogP contribution in [0.1, 0.15) is 29.7 Å². The molecule has 0 spiro atoms. The molecule has 1 aromatic carbocycles. The van der Waals surface area contributed by atoms with Crippen LogP contribution in [0.3, 0.4) is 0 Å². The van der Waals surface area contributed by atoms with Gasteiger partial charge in [0.15, 0.2) is 0 Å². The third-order valence-corrected chi connectivity index (χ3v) is 3.59. The van der Waals surface area contributed by atoms with Gasteiger partial charge in [0.2, 0.25) is 0 Å². The van der Waals surface area contributed by atoms with Crippen LogP contribution in [0.5, 0.6) is 0 Å². The molecule has 1 aromatic rings. The zero-order valence-corrected chi connectivity index (χ0v) is 12.6. The van der Waals surface area contributed by atoms with Gasteiger partial charge in [0, 0.05) is 26.2 Å². The van der Waals surface area contributed by atoms with Crippen LogP contribution in [-0.2, 0) is 9.53 Å². The van der Waals surface area contributed by atoms with Gasteiger partial charge in [0.1, 0.15) is 6.04 Å². The van der Waals surface area contributed by atoms with Crippen molar-refractivity contribution in [2.24, 2.45) is 0 Å². The second-order valence-corrected chi connectivity index (χ2v) is 5.36. The Morgan fingerprint density at radius 1 is 1.25 bits per heavy atom. The van der Waals surface area contributed by atoms with E-state index in [4.69, 9.17) is 4.74 Å². The van der Waals surface area contributed by atoms with Gasteiger partial charge in [-0.15, -0.1) is 0 Å². The number of esters is 1. The molecular formula is C16H24N2O2. The third kappa shape index (κ3) is 3.58. The molecule has 2 rings (SSSR count). The number of nitrogens with zero attached hydrogens (tertiary/aromatic N) is 1. The number of rotatable bonds is 4. The molecule has 0 radical (unpaired) electrons. The van der Waals surface area contributed by atoms with Crippen LogP contribution < -0.4 is 5.32 Å². The maximum Gasteiger partial charge on any atom is 0.328 e. The summed E-state index contributed by atoms with van der Waals surface area (Å²) in [6.07, 6.45) is 0. The highest BCUT2D eigenvalue weighted by atomic mass is 16.5. The number of hydrogen-bond donors (Lipinski definition) is 1. The highest BCUT2D eigenvalue weighted by Crippen LogP contribution is 2.25. The minimum atomic E-state index is -0.282. The van der Waals surface area contributed by atoms with Crippen LogP contribution in [0.2, 0.25) is 0 Å². The highest BCUT2D eigenvalue weighted by molar-refractivity contribution is 5.78. The summed E-state index contributed by atoms with van der Waals surface area (Å²) in [5.74, 6) is -0.139. The van der Waals surface area contributed by atoms with Crippen molar-refractivity contribution in [2.75, 3.05) is 32.8 Å². The van der Waals surface area contributed by atoms with E-state index >= 15 is 0 Å². The molecule has 1 aliphatic heterocycles. The van der Waals surface area contributed by atoms with Gasteiger partial charge in [-0.2, -0.15) is 0 Å². The summed E-state index contributed by atoms with van der Waals surface area (Å²) in [7, 11) is 0. The van der Waals surface area contributed by atoms with Crippen molar-refractivity contribution in [2.45, 2.75) is 26.8 Å². The Morgan fingerprint density at radius 3 is 2.40 bits per heavy atom. The molecule has 1 N–H and O–H groups in total. The zero-order valence-electron chi connectivity index (χ0n) is 12.6. The Labute approximate surface area is 121 Å². The molecule has 0 aliphatic carbocycles. The Kier molecular flexibility index (Phi) is 5.15. The lowest BCUT2D eigenvalue weighted by molar-refractivity contribution is -0.150. The average Bonchev–Trinajstić information content (AvgIpc) is 2.39. The summed E-state index contributed by atoms with van der Waals surface area (Å²) >= 11 is 0. The van der Waals surface area contributed by atoms with Crippen molar-refractivity contribution in [1.82, 2.24) is 10.2 Å². The van der Waals surface area contributed by atoms with Gasteiger partial charge in [-0.1, -0.05) is 29.3 Å². The summed E-state index contributed by atoms with van der Waals surface area (Å²) in [6, 6.07) is 6.03. The average molecular weight is 276 g/mol. The Hall–Kier alpha value is -1.39. The van der Waals surface area contributed by atoms with Crippen LogP contribution in [0.4, 0.5) is 0 Å². The van der Waals surface area contributed by atoms with Gasteiger partial charge in [0.05, 0.1) is 6.61 Å². The number of hydrogen-bond acceptors (Lipinski definition) is 4. The lowest BCUT2D eigenvalue weighted by Gasteiger charge is -2.33. The van der Waals surface area contributed by atoms with Crippen LogP contribution in [0.25, 0.3) is 0 Å². The predicted octanol–water partition coefficient (Wildman–Crippen LogP) is 1.81. The molecular weight excluding hydrogens is 252 g/mol. The SMILES string of the molecule is CCOC(=O)C(c1cc(C)cc(C)c1)N1CCNCC1.